The Morgan fingerprint density at radius 1 is 1.12 bits per heavy atom. The lowest BCUT2D eigenvalue weighted by Crippen LogP contribution is -2.46. The van der Waals surface area contributed by atoms with Crippen LogP contribution in [0, 0.1) is 18.2 Å². The zero-order valence-electron chi connectivity index (χ0n) is 23.3. The molecule has 1 aromatic carbocycles. The van der Waals surface area contributed by atoms with Gasteiger partial charge in [-0.1, -0.05) is 18.1 Å². The largest absolute Gasteiger partial charge is 0.473 e. The summed E-state index contributed by atoms with van der Waals surface area (Å²) < 4.78 is 32.7. The van der Waals surface area contributed by atoms with Gasteiger partial charge in [-0.05, 0) is 36.8 Å². The van der Waals surface area contributed by atoms with Crippen LogP contribution in [0.4, 0.5) is 10.2 Å². The second kappa shape index (κ2) is 12.1. The zero-order chi connectivity index (χ0) is 29.1. The van der Waals surface area contributed by atoms with Gasteiger partial charge in [0.25, 0.3) is 0 Å². The van der Waals surface area contributed by atoms with Gasteiger partial charge in [0.2, 0.25) is 5.88 Å². The van der Waals surface area contributed by atoms with Crippen LogP contribution in [0.2, 0.25) is 0 Å². The summed E-state index contributed by atoms with van der Waals surface area (Å²) in [6, 6.07) is 13.7. The van der Waals surface area contributed by atoms with Crippen molar-refractivity contribution in [3.8, 4) is 18.2 Å². The van der Waals surface area contributed by atoms with Gasteiger partial charge in [0, 0.05) is 50.0 Å². The second-order valence-electron chi connectivity index (χ2n) is 10.3. The number of terminal acetylenes is 1. The lowest BCUT2D eigenvalue weighted by molar-refractivity contribution is -0.0592. The van der Waals surface area contributed by atoms with E-state index in [1.165, 1.54) is 13.2 Å². The highest BCUT2D eigenvalue weighted by Crippen LogP contribution is 2.23. The molecule has 216 valence electrons. The van der Waals surface area contributed by atoms with Crippen molar-refractivity contribution in [2.45, 2.75) is 32.2 Å². The van der Waals surface area contributed by atoms with E-state index < -0.39 is 11.8 Å². The summed E-state index contributed by atoms with van der Waals surface area (Å²) in [7, 11) is 1.35. The number of pyridine rings is 2. The quantitative estimate of drug-likeness (QED) is 0.222. The highest BCUT2D eigenvalue weighted by atomic mass is 19.1. The molecular weight excluding hydrogens is 539 g/mol. The number of anilines is 1. The molecule has 6 rings (SSSR count). The van der Waals surface area contributed by atoms with E-state index in [1.807, 2.05) is 18.2 Å². The first-order chi connectivity index (χ1) is 20.5. The number of nitrogens with zero attached hydrogens (tertiary/aromatic N) is 6. The molecule has 42 heavy (non-hydrogen) atoms. The molecule has 0 saturated carbocycles. The fourth-order valence-electron chi connectivity index (χ4n) is 5.11. The minimum atomic E-state index is -0.476. The van der Waals surface area contributed by atoms with Crippen LogP contribution >= 0.6 is 0 Å². The average molecular weight is 571 g/mol. The van der Waals surface area contributed by atoms with Crippen LogP contribution in [-0.4, -0.2) is 76.4 Å². The van der Waals surface area contributed by atoms with Gasteiger partial charge in [-0.15, -0.1) is 6.42 Å². The van der Waals surface area contributed by atoms with Crippen LogP contribution in [0.15, 0.2) is 48.5 Å². The molecule has 0 bridgehead atoms. The number of piperazine rings is 1. The van der Waals surface area contributed by atoms with Gasteiger partial charge < -0.3 is 23.7 Å². The minimum Gasteiger partial charge on any atom is -0.473 e. The first-order valence-electron chi connectivity index (χ1n) is 13.9. The molecule has 2 saturated heterocycles. The number of fused-ring (bicyclic) bond motifs is 1. The first kappa shape index (κ1) is 27.6. The van der Waals surface area contributed by atoms with E-state index in [9.17, 15) is 9.18 Å². The van der Waals surface area contributed by atoms with Gasteiger partial charge in [-0.2, -0.15) is 4.98 Å². The first-order valence-corrected chi connectivity index (χ1v) is 13.9. The van der Waals surface area contributed by atoms with E-state index in [-0.39, 0.29) is 18.4 Å². The fraction of sp³-hybridized carbons (Fsp3) is 0.355. The van der Waals surface area contributed by atoms with Crippen molar-refractivity contribution in [1.82, 2.24) is 24.4 Å². The topological polar surface area (TPSA) is 94.8 Å². The van der Waals surface area contributed by atoms with E-state index >= 15 is 0 Å². The van der Waals surface area contributed by atoms with E-state index in [4.69, 9.17) is 25.6 Å². The van der Waals surface area contributed by atoms with E-state index in [1.54, 1.807) is 24.3 Å². The highest BCUT2D eigenvalue weighted by Gasteiger charge is 2.25. The number of carbonyl (C=O) groups is 1. The number of imidazole rings is 1. The number of ether oxygens (including phenoxy) is 3. The number of esters is 1. The van der Waals surface area contributed by atoms with Gasteiger partial charge in [0.1, 0.15) is 29.6 Å². The third kappa shape index (κ3) is 5.91. The summed E-state index contributed by atoms with van der Waals surface area (Å²) >= 11 is 0. The summed E-state index contributed by atoms with van der Waals surface area (Å²) in [5.74, 6) is 3.68. The van der Waals surface area contributed by atoms with Gasteiger partial charge in [-0.3, -0.25) is 4.90 Å². The predicted molar refractivity (Wildman–Crippen MR) is 154 cm³/mol. The Morgan fingerprint density at radius 2 is 1.95 bits per heavy atom. The molecule has 2 aliphatic heterocycles. The van der Waals surface area contributed by atoms with Crippen LogP contribution in [0.5, 0.6) is 5.88 Å². The maximum Gasteiger partial charge on any atom is 0.356 e. The lowest BCUT2D eigenvalue weighted by Gasteiger charge is -2.35. The summed E-state index contributed by atoms with van der Waals surface area (Å²) in [4.78, 5) is 30.8. The molecule has 0 unspecified atom stereocenters. The lowest BCUT2D eigenvalue weighted by atomic mass is 10.1. The van der Waals surface area contributed by atoms with Crippen molar-refractivity contribution >= 4 is 23.0 Å². The zero-order valence-corrected chi connectivity index (χ0v) is 23.3. The van der Waals surface area contributed by atoms with Gasteiger partial charge in [-0.25, -0.2) is 19.2 Å². The Kier molecular flexibility index (Phi) is 7.99. The Hall–Kier alpha value is -4.53. The van der Waals surface area contributed by atoms with Crippen LogP contribution in [0.1, 0.15) is 33.9 Å². The fourth-order valence-corrected chi connectivity index (χ4v) is 5.11. The number of aromatic nitrogens is 4. The number of benzene rings is 1. The third-order valence-corrected chi connectivity index (χ3v) is 7.61. The molecule has 0 spiro atoms. The molecular formula is C31H31FN6O4. The Morgan fingerprint density at radius 3 is 2.67 bits per heavy atom. The standard InChI is InChI=1S/C31H31FN6O4/c1-3-21-7-8-22(24(32)17-21)20-42-29-6-4-5-27(35-29)37-14-12-36(13-15-37)19-28-33-25-9-10-26(31(39)40-2)34-30(25)38(28)18-23-11-16-41-23/h1,4-10,17,23H,11-16,18-20H2,2H3/t23-/m0/s1. The summed E-state index contributed by atoms with van der Waals surface area (Å²) in [5, 5.41) is 0. The van der Waals surface area contributed by atoms with Crippen LogP contribution in [0.3, 0.4) is 0 Å². The van der Waals surface area contributed by atoms with E-state index in [2.05, 4.69) is 30.3 Å². The molecule has 0 N–H and O–H groups in total. The smallest absolute Gasteiger partial charge is 0.356 e. The molecule has 1 atom stereocenters. The molecule has 5 heterocycles. The monoisotopic (exact) mass is 570 g/mol. The van der Waals surface area contributed by atoms with Gasteiger partial charge in [0.15, 0.2) is 11.3 Å². The summed E-state index contributed by atoms with van der Waals surface area (Å²) in [6.45, 7) is 5.26. The number of methoxy groups -OCH3 is 1. The Balaban J connectivity index is 1.10. The maximum atomic E-state index is 14.3. The predicted octanol–water partition coefficient (Wildman–Crippen LogP) is 3.42. The second-order valence-corrected chi connectivity index (χ2v) is 10.3. The molecule has 0 aliphatic carbocycles. The summed E-state index contributed by atoms with van der Waals surface area (Å²) in [5.41, 5.74) is 2.57. The maximum absolute atomic E-state index is 14.3. The number of rotatable bonds is 9. The Bertz CT molecular complexity index is 1640. The van der Waals surface area contributed by atoms with Crippen LogP contribution < -0.4 is 9.64 Å². The molecule has 2 aliphatic rings. The van der Waals surface area contributed by atoms with Crippen molar-refractivity contribution in [3.05, 3.63) is 77.0 Å². The average Bonchev–Trinajstić information content (AvgIpc) is 3.34. The molecule has 0 radical (unpaired) electrons. The molecule has 10 nitrogen and oxygen atoms in total. The molecule has 3 aromatic heterocycles. The molecule has 11 heteroatoms. The molecule has 0 amide bonds. The van der Waals surface area contributed by atoms with Crippen molar-refractivity contribution in [1.29, 1.82) is 0 Å². The highest BCUT2D eigenvalue weighted by molar-refractivity contribution is 5.89. The van der Waals surface area contributed by atoms with E-state index in [0.29, 0.717) is 35.7 Å². The van der Waals surface area contributed by atoms with Crippen LogP contribution in [0.25, 0.3) is 11.2 Å². The summed E-state index contributed by atoms with van der Waals surface area (Å²) in [6.07, 6.45) is 6.44. The van der Waals surface area contributed by atoms with Gasteiger partial charge >= 0.3 is 5.97 Å². The van der Waals surface area contributed by atoms with Crippen LogP contribution in [-0.2, 0) is 29.2 Å². The Labute approximate surface area is 243 Å². The molecule has 2 fully saturated rings. The van der Waals surface area contributed by atoms with Gasteiger partial charge in [0.05, 0.1) is 26.3 Å². The van der Waals surface area contributed by atoms with E-state index in [0.717, 1.165) is 56.4 Å². The number of hydrogen-bond donors (Lipinski definition) is 0. The normalized spacial score (nSPS) is 17.1. The number of carbonyl (C=O) groups excluding carboxylic acids is 1. The van der Waals surface area contributed by atoms with Crippen molar-refractivity contribution in [2.75, 3.05) is 44.8 Å². The van der Waals surface area contributed by atoms with Crippen molar-refractivity contribution in [3.63, 3.8) is 0 Å². The number of hydrogen-bond acceptors (Lipinski definition) is 9. The number of halogens is 1. The SMILES string of the molecule is C#Cc1ccc(COc2cccc(N3CCN(Cc4nc5ccc(C(=O)OC)nc5n4C[C@@H]4CCO4)CC3)n2)c(F)c1. The molecule has 4 aromatic rings. The third-order valence-electron chi connectivity index (χ3n) is 7.61. The van der Waals surface area contributed by atoms with Crippen molar-refractivity contribution in [2.24, 2.45) is 0 Å². The van der Waals surface area contributed by atoms with Crippen molar-refractivity contribution < 1.29 is 23.4 Å². The minimum absolute atomic E-state index is 0.0593.